The number of fused-ring (bicyclic) bond motifs is 2. The Balaban J connectivity index is 0.000000199. The van der Waals surface area contributed by atoms with E-state index in [9.17, 15) is 19.2 Å². The van der Waals surface area contributed by atoms with Crippen LogP contribution in [0.2, 0.25) is 0 Å². The number of carbonyl (C=O) groups is 4. The predicted molar refractivity (Wildman–Crippen MR) is 223 cm³/mol. The quantitative estimate of drug-likeness (QED) is 0.175. The van der Waals surface area contributed by atoms with Crippen molar-refractivity contribution < 1.29 is 65.7 Å². The summed E-state index contributed by atoms with van der Waals surface area (Å²) in [5.74, 6) is 1.74. The smallest absolute Gasteiger partial charge is 0.203 e. The Morgan fingerprint density at radius 1 is 0.567 bits per heavy atom. The number of H-pyrrole nitrogens is 1. The van der Waals surface area contributed by atoms with Crippen LogP contribution in [0.1, 0.15) is 35.1 Å². The van der Waals surface area contributed by atoms with E-state index in [1.54, 1.807) is 30.5 Å². The maximum absolute atomic E-state index is 13.0. The number of quaternary nitrogens is 1. The van der Waals surface area contributed by atoms with Crippen LogP contribution >= 0.6 is 0 Å². The molecule has 0 aliphatic heterocycles. The van der Waals surface area contributed by atoms with Crippen molar-refractivity contribution in [1.82, 2.24) is 9.55 Å². The molecule has 13 nitrogen and oxygen atoms in total. The van der Waals surface area contributed by atoms with E-state index in [4.69, 9.17) is 28.4 Å². The summed E-state index contributed by atoms with van der Waals surface area (Å²) in [4.78, 5) is 54.7. The van der Waals surface area contributed by atoms with Crippen LogP contribution < -0.4 is 46.6 Å². The van der Waals surface area contributed by atoms with Gasteiger partial charge in [0.2, 0.25) is 11.5 Å². The SMILES string of the molecule is COc1cc(C2=C(c3c[nH]c4ccccc34)C(=O)CC2=O)cc(OC)c1OC.COc1cc(C2=C(c3cn(CC[NH3+])c4ccccc34)C(=O)CC2=O)cc(OC)c1OC.[Cl-]. The molecule has 0 atom stereocenters. The van der Waals surface area contributed by atoms with Gasteiger partial charge in [0.05, 0.1) is 68.6 Å². The highest BCUT2D eigenvalue weighted by molar-refractivity contribution is 6.52. The highest BCUT2D eigenvalue weighted by atomic mass is 35.5. The fourth-order valence-electron chi connectivity index (χ4n) is 7.91. The van der Waals surface area contributed by atoms with Crippen molar-refractivity contribution in [3.05, 3.63) is 107 Å². The summed E-state index contributed by atoms with van der Waals surface area (Å²) in [6.45, 7) is 1.43. The van der Waals surface area contributed by atoms with Crippen molar-refractivity contribution in [2.24, 2.45) is 0 Å². The molecular weight excluding hydrogens is 790 g/mol. The Morgan fingerprint density at radius 2 is 1.00 bits per heavy atom. The first-order valence-corrected chi connectivity index (χ1v) is 18.8. The molecule has 2 aliphatic rings. The van der Waals surface area contributed by atoms with Gasteiger partial charge >= 0.3 is 0 Å². The molecule has 0 saturated heterocycles. The average molecular weight is 834 g/mol. The van der Waals surface area contributed by atoms with Crippen LogP contribution in [0.15, 0.2) is 85.2 Å². The highest BCUT2D eigenvalue weighted by Crippen LogP contribution is 2.46. The number of carbonyl (C=O) groups excluding carboxylic acids is 4. The molecule has 0 fully saturated rings. The number of methoxy groups -OCH3 is 6. The molecule has 0 radical (unpaired) electrons. The summed E-state index contributed by atoms with van der Waals surface area (Å²) in [5.41, 5.74) is 10.0. The number of ether oxygens (including phenoxy) is 6. The zero-order chi connectivity index (χ0) is 42.0. The van der Waals surface area contributed by atoms with Crippen LogP contribution in [0.4, 0.5) is 0 Å². The van der Waals surface area contributed by atoms with Gasteiger partial charge in [0.25, 0.3) is 0 Å². The Bertz CT molecular complexity index is 2690. The topological polar surface area (TPSA) is 172 Å². The largest absolute Gasteiger partial charge is 1.00 e. The fraction of sp³-hybridized carbons (Fsp3) is 0.217. The molecule has 2 aromatic heterocycles. The standard InChI is InChI=1S/C24H24N2O5.C22H19NO5.ClH/c1-29-20-10-14(11-21(30-2)24(20)31-3)22-18(27)12-19(28)23(22)16-13-26(9-8-25)17-7-5-4-6-15(16)17;1-26-18-8-12(9-19(27-2)22(18)28-3)20-16(24)10-17(25)21(20)14-11-23-15-7-5-4-6-13(14)15;/h4-7,10-11,13H,8-9,12,25H2,1-3H3;4-9,11,23H,10H2,1-3H3;1H. The van der Waals surface area contributed by atoms with E-state index in [1.165, 1.54) is 42.7 Å². The lowest BCUT2D eigenvalue weighted by molar-refractivity contribution is -0.369. The number of allylic oxidation sites excluding steroid dienone is 4. The minimum Gasteiger partial charge on any atom is -1.00 e. The van der Waals surface area contributed by atoms with Gasteiger partial charge in [0, 0.05) is 67.6 Å². The molecule has 0 spiro atoms. The zero-order valence-electron chi connectivity index (χ0n) is 34.0. The van der Waals surface area contributed by atoms with Crippen molar-refractivity contribution in [3.8, 4) is 34.5 Å². The maximum Gasteiger partial charge on any atom is 0.203 e. The van der Waals surface area contributed by atoms with E-state index in [0.29, 0.717) is 74.5 Å². The first kappa shape index (κ1) is 42.8. The van der Waals surface area contributed by atoms with Crippen LogP contribution in [0, 0.1) is 0 Å². The minimum atomic E-state index is -0.223. The number of hydrogen-bond acceptors (Lipinski definition) is 10. The van der Waals surface area contributed by atoms with Crippen LogP contribution in [0.3, 0.4) is 0 Å². The second-order valence-electron chi connectivity index (χ2n) is 13.7. The van der Waals surface area contributed by atoms with Crippen molar-refractivity contribution in [2.45, 2.75) is 19.4 Å². The van der Waals surface area contributed by atoms with E-state index in [2.05, 4.69) is 15.3 Å². The molecule has 2 heterocycles. The summed E-state index contributed by atoms with van der Waals surface area (Å²) in [6.07, 6.45) is 3.41. The number of rotatable bonds is 12. The van der Waals surface area contributed by atoms with Gasteiger partial charge in [-0.1, -0.05) is 36.4 Å². The molecule has 0 unspecified atom stereocenters. The summed E-state index contributed by atoms with van der Waals surface area (Å²) < 4.78 is 34.6. The van der Waals surface area contributed by atoms with Crippen LogP contribution in [-0.4, -0.2) is 81.9 Å². The second-order valence-corrected chi connectivity index (χ2v) is 13.7. The molecule has 60 heavy (non-hydrogen) atoms. The number of para-hydroxylation sites is 2. The number of hydrogen-bond donors (Lipinski definition) is 2. The number of benzene rings is 4. The van der Waals surface area contributed by atoms with Gasteiger partial charge in [-0.3, -0.25) is 19.2 Å². The van der Waals surface area contributed by atoms with Gasteiger partial charge in [-0.05, 0) is 47.5 Å². The number of nitrogens with zero attached hydrogens (tertiary/aromatic N) is 1. The third-order valence-corrected chi connectivity index (χ3v) is 10.5. The molecule has 4 N–H and O–H groups in total. The van der Waals surface area contributed by atoms with Crippen LogP contribution in [0.25, 0.3) is 44.1 Å². The van der Waals surface area contributed by atoms with Gasteiger partial charge in [-0.15, -0.1) is 0 Å². The van der Waals surface area contributed by atoms with E-state index < -0.39 is 0 Å². The van der Waals surface area contributed by atoms with E-state index in [1.807, 2.05) is 54.7 Å². The lowest BCUT2D eigenvalue weighted by Crippen LogP contribution is -3.00. The molecule has 6 aromatic rings. The maximum atomic E-state index is 13.0. The summed E-state index contributed by atoms with van der Waals surface area (Å²) in [6, 6.07) is 22.4. The number of aromatic nitrogens is 2. The molecule has 0 bridgehead atoms. The Labute approximate surface area is 352 Å². The molecular formula is C46H44ClN3O10. The van der Waals surface area contributed by atoms with Crippen molar-refractivity contribution in [2.75, 3.05) is 49.2 Å². The van der Waals surface area contributed by atoms with Crippen LogP contribution in [0.5, 0.6) is 34.5 Å². The molecule has 0 amide bonds. The van der Waals surface area contributed by atoms with Gasteiger partial charge in [0.15, 0.2) is 46.1 Å². The lowest BCUT2D eigenvalue weighted by Gasteiger charge is -2.15. The van der Waals surface area contributed by atoms with Gasteiger partial charge < -0.3 is 56.1 Å². The molecule has 8 rings (SSSR count). The number of Topliss-reactive ketones (excluding diaryl/α,β-unsaturated/α-hetero) is 4. The molecule has 14 heteroatoms. The normalized spacial score (nSPS) is 13.8. The third kappa shape index (κ3) is 7.49. The van der Waals surface area contributed by atoms with Gasteiger partial charge in [-0.25, -0.2) is 0 Å². The van der Waals surface area contributed by atoms with Crippen molar-refractivity contribution >= 4 is 67.2 Å². The summed E-state index contributed by atoms with van der Waals surface area (Å²) in [7, 11) is 9.09. The molecule has 310 valence electrons. The molecule has 2 aliphatic carbocycles. The zero-order valence-corrected chi connectivity index (χ0v) is 34.8. The third-order valence-electron chi connectivity index (χ3n) is 10.5. The Hall–Kier alpha value is -6.83. The number of nitrogens with one attached hydrogen (secondary N) is 1. The van der Waals surface area contributed by atoms with E-state index >= 15 is 0 Å². The second kappa shape index (κ2) is 18.0. The van der Waals surface area contributed by atoms with Crippen molar-refractivity contribution in [1.29, 1.82) is 0 Å². The first-order chi connectivity index (χ1) is 28.6. The lowest BCUT2D eigenvalue weighted by atomic mass is 9.95. The average Bonchev–Trinajstić information content (AvgIpc) is 4.00. The number of ketones is 4. The fourth-order valence-corrected chi connectivity index (χ4v) is 7.91. The minimum absolute atomic E-state index is 0. The highest BCUT2D eigenvalue weighted by Gasteiger charge is 2.36. The van der Waals surface area contributed by atoms with Gasteiger partial charge in [-0.2, -0.15) is 0 Å². The predicted octanol–water partition coefficient (Wildman–Crippen LogP) is 3.01. The number of aromatic amines is 1. The molecule has 0 saturated carbocycles. The van der Waals surface area contributed by atoms with E-state index in [-0.39, 0.29) is 48.4 Å². The molecule has 4 aromatic carbocycles. The van der Waals surface area contributed by atoms with Crippen LogP contribution in [-0.2, 0) is 25.7 Å². The number of halogens is 1. The monoisotopic (exact) mass is 833 g/mol. The van der Waals surface area contributed by atoms with Crippen molar-refractivity contribution in [3.63, 3.8) is 0 Å². The first-order valence-electron chi connectivity index (χ1n) is 18.8. The summed E-state index contributed by atoms with van der Waals surface area (Å²) in [5, 5.41) is 1.82. The Morgan fingerprint density at radius 3 is 1.47 bits per heavy atom. The van der Waals surface area contributed by atoms with E-state index in [0.717, 1.165) is 39.5 Å². The van der Waals surface area contributed by atoms with Gasteiger partial charge in [0.1, 0.15) is 0 Å². The summed E-state index contributed by atoms with van der Waals surface area (Å²) >= 11 is 0. The Kier molecular flexibility index (Phi) is 12.8.